The molecule has 0 aliphatic carbocycles. The number of benzene rings is 1. The van der Waals surface area contributed by atoms with E-state index in [2.05, 4.69) is 10.3 Å². The van der Waals surface area contributed by atoms with Gasteiger partial charge >= 0.3 is 0 Å². The van der Waals surface area contributed by atoms with Crippen molar-refractivity contribution in [2.45, 2.75) is 26.0 Å². The Labute approximate surface area is 136 Å². The van der Waals surface area contributed by atoms with Crippen molar-refractivity contribution >= 4 is 22.2 Å². The van der Waals surface area contributed by atoms with Crippen LogP contribution < -0.4 is 10.1 Å². The van der Waals surface area contributed by atoms with Crippen molar-refractivity contribution in [2.75, 3.05) is 0 Å². The highest BCUT2D eigenvalue weighted by molar-refractivity contribution is 7.15. The first-order valence-electron chi connectivity index (χ1n) is 7.27. The van der Waals surface area contributed by atoms with Gasteiger partial charge in [0, 0.05) is 17.8 Å². The van der Waals surface area contributed by atoms with Crippen molar-refractivity contribution in [2.24, 2.45) is 0 Å². The van der Waals surface area contributed by atoms with Gasteiger partial charge < -0.3 is 10.1 Å². The first kappa shape index (κ1) is 15.5. The Morgan fingerprint density at radius 3 is 3.04 bits per heavy atom. The maximum Gasteiger partial charge on any atom is 0.261 e. The van der Waals surface area contributed by atoms with E-state index in [9.17, 15) is 9.18 Å². The molecule has 0 saturated heterocycles. The molecule has 0 spiro atoms. The highest BCUT2D eigenvalue weighted by Crippen LogP contribution is 2.18. The van der Waals surface area contributed by atoms with Crippen LogP contribution in [0.1, 0.15) is 19.0 Å². The van der Waals surface area contributed by atoms with E-state index in [4.69, 9.17) is 4.74 Å². The van der Waals surface area contributed by atoms with Crippen LogP contribution in [0.25, 0.3) is 4.96 Å². The molecular weight excluding hydrogens is 317 g/mol. The average molecular weight is 333 g/mol. The predicted molar refractivity (Wildman–Crippen MR) is 86.0 cm³/mol. The van der Waals surface area contributed by atoms with Gasteiger partial charge in [-0.3, -0.25) is 9.20 Å². The number of carbonyl (C=O) groups is 1. The molecule has 23 heavy (non-hydrogen) atoms. The molecule has 1 N–H and O–H groups in total. The van der Waals surface area contributed by atoms with E-state index in [1.807, 2.05) is 29.1 Å². The van der Waals surface area contributed by atoms with Crippen LogP contribution in [-0.2, 0) is 11.3 Å². The molecule has 0 saturated carbocycles. The lowest BCUT2D eigenvalue weighted by Gasteiger charge is -2.17. The zero-order valence-corrected chi connectivity index (χ0v) is 13.3. The van der Waals surface area contributed by atoms with Gasteiger partial charge in [0.05, 0.1) is 12.2 Å². The number of nitrogens with one attached hydrogen (secondary N) is 1. The third kappa shape index (κ3) is 3.50. The summed E-state index contributed by atoms with van der Waals surface area (Å²) < 4.78 is 21.0. The van der Waals surface area contributed by atoms with E-state index in [-0.39, 0.29) is 11.7 Å². The molecule has 2 aromatic heterocycles. The number of hydrogen-bond donors (Lipinski definition) is 1. The summed E-state index contributed by atoms with van der Waals surface area (Å²) in [5.74, 6) is -0.683. The number of ether oxygens (including phenoxy) is 1. The van der Waals surface area contributed by atoms with Crippen LogP contribution in [0.5, 0.6) is 5.75 Å². The minimum absolute atomic E-state index is 0.0806. The molecule has 1 aromatic carbocycles. The maximum absolute atomic E-state index is 13.6. The van der Waals surface area contributed by atoms with Crippen LogP contribution in [0.3, 0.4) is 0 Å². The number of carbonyl (C=O) groups excluding carboxylic acids is 1. The smallest absolute Gasteiger partial charge is 0.261 e. The summed E-state index contributed by atoms with van der Waals surface area (Å²) in [7, 11) is 0. The highest BCUT2D eigenvalue weighted by Gasteiger charge is 2.19. The number of para-hydroxylation sites is 1. The number of thiazole rings is 1. The van der Waals surface area contributed by atoms with Gasteiger partial charge in [-0.25, -0.2) is 9.37 Å². The van der Waals surface area contributed by atoms with E-state index in [1.54, 1.807) is 12.1 Å². The molecule has 0 aliphatic heterocycles. The Morgan fingerprint density at radius 2 is 2.30 bits per heavy atom. The first-order chi connectivity index (χ1) is 11.2. The van der Waals surface area contributed by atoms with Gasteiger partial charge in [0.1, 0.15) is 0 Å². The lowest BCUT2D eigenvalue weighted by Crippen LogP contribution is -2.37. The van der Waals surface area contributed by atoms with Crippen molar-refractivity contribution in [1.29, 1.82) is 0 Å². The number of hydrogen-bond acceptors (Lipinski definition) is 4. The monoisotopic (exact) mass is 333 g/mol. The van der Waals surface area contributed by atoms with E-state index < -0.39 is 11.9 Å². The number of amides is 1. The van der Waals surface area contributed by atoms with Crippen LogP contribution in [0.2, 0.25) is 0 Å². The van der Waals surface area contributed by atoms with Crippen LogP contribution in [0.15, 0.2) is 42.0 Å². The van der Waals surface area contributed by atoms with Gasteiger partial charge in [-0.2, -0.15) is 0 Å². The normalized spacial score (nSPS) is 12.3. The molecule has 120 valence electrons. The molecule has 0 radical (unpaired) electrons. The summed E-state index contributed by atoms with van der Waals surface area (Å²) in [6.07, 6.45) is 3.48. The van der Waals surface area contributed by atoms with Gasteiger partial charge in [-0.15, -0.1) is 11.3 Å². The second-order valence-electron chi connectivity index (χ2n) is 4.99. The van der Waals surface area contributed by atoms with E-state index in [0.717, 1.165) is 10.7 Å². The number of rotatable bonds is 6. The second kappa shape index (κ2) is 6.78. The largest absolute Gasteiger partial charge is 0.478 e. The van der Waals surface area contributed by atoms with Gasteiger partial charge in [0.15, 0.2) is 22.6 Å². The third-order valence-corrected chi connectivity index (χ3v) is 4.13. The van der Waals surface area contributed by atoms with Crippen LogP contribution in [0.4, 0.5) is 4.39 Å². The summed E-state index contributed by atoms with van der Waals surface area (Å²) in [4.78, 5) is 17.5. The van der Waals surface area contributed by atoms with Crippen molar-refractivity contribution in [3.05, 3.63) is 53.6 Å². The Balaban J connectivity index is 1.61. The van der Waals surface area contributed by atoms with E-state index >= 15 is 0 Å². The fourth-order valence-electron chi connectivity index (χ4n) is 2.17. The van der Waals surface area contributed by atoms with Crippen molar-refractivity contribution in [3.63, 3.8) is 0 Å². The summed E-state index contributed by atoms with van der Waals surface area (Å²) in [5, 5.41) is 4.73. The number of imidazole rings is 1. The Hall–Kier alpha value is -2.41. The molecule has 0 unspecified atom stereocenters. The van der Waals surface area contributed by atoms with Crippen molar-refractivity contribution < 1.29 is 13.9 Å². The number of halogens is 1. The van der Waals surface area contributed by atoms with E-state index in [0.29, 0.717) is 13.0 Å². The van der Waals surface area contributed by atoms with Gasteiger partial charge in [0.2, 0.25) is 0 Å². The minimum atomic E-state index is -0.740. The van der Waals surface area contributed by atoms with Crippen LogP contribution >= 0.6 is 11.3 Å². The van der Waals surface area contributed by atoms with Crippen LogP contribution in [0, 0.1) is 5.82 Å². The zero-order chi connectivity index (χ0) is 16.2. The van der Waals surface area contributed by atoms with Crippen LogP contribution in [-0.4, -0.2) is 21.4 Å². The molecule has 0 bridgehead atoms. The lowest BCUT2D eigenvalue weighted by atomic mass is 10.2. The standard InChI is InChI=1S/C16H16FN3O2S/c1-2-13(22-14-6-4-3-5-12(14)17)15(21)18-9-11-10-20-7-8-23-16(20)19-11/h3-8,10,13H,2,9H2,1H3,(H,18,21)/t13-/m0/s1. The fourth-order valence-corrected chi connectivity index (χ4v) is 2.89. The Kier molecular flexibility index (Phi) is 4.57. The molecule has 3 rings (SSSR count). The highest BCUT2D eigenvalue weighted by atomic mass is 32.1. The topological polar surface area (TPSA) is 55.6 Å². The first-order valence-corrected chi connectivity index (χ1v) is 8.15. The van der Waals surface area contributed by atoms with Gasteiger partial charge in [-0.1, -0.05) is 19.1 Å². The predicted octanol–water partition coefficient (Wildman–Crippen LogP) is 3.01. The lowest BCUT2D eigenvalue weighted by molar-refractivity contribution is -0.128. The molecule has 1 amide bonds. The molecule has 0 fully saturated rings. The Bertz CT molecular complexity index is 786. The fraction of sp³-hybridized carbons (Fsp3) is 0.250. The van der Waals surface area contributed by atoms with Crippen molar-refractivity contribution in [3.8, 4) is 5.75 Å². The summed E-state index contributed by atoms with van der Waals surface area (Å²) in [6, 6.07) is 6.06. The molecule has 1 atom stereocenters. The maximum atomic E-state index is 13.6. The SMILES string of the molecule is CC[C@H](Oc1ccccc1F)C(=O)NCc1cn2ccsc2n1. The third-order valence-electron chi connectivity index (χ3n) is 3.36. The molecule has 3 aromatic rings. The Morgan fingerprint density at radius 1 is 1.48 bits per heavy atom. The van der Waals surface area contributed by atoms with Gasteiger partial charge in [-0.05, 0) is 18.6 Å². The molecule has 5 nitrogen and oxygen atoms in total. The number of aromatic nitrogens is 2. The van der Waals surface area contributed by atoms with Crippen molar-refractivity contribution in [1.82, 2.24) is 14.7 Å². The molecular formula is C16H16FN3O2S. The zero-order valence-electron chi connectivity index (χ0n) is 12.5. The quantitative estimate of drug-likeness (QED) is 0.754. The molecule has 7 heteroatoms. The summed E-state index contributed by atoms with van der Waals surface area (Å²) >= 11 is 1.53. The average Bonchev–Trinajstić information content (AvgIpc) is 3.13. The van der Waals surface area contributed by atoms with E-state index in [1.165, 1.54) is 23.5 Å². The number of nitrogens with zero attached hydrogens (tertiary/aromatic N) is 2. The molecule has 0 aliphatic rings. The summed E-state index contributed by atoms with van der Waals surface area (Å²) in [6.45, 7) is 2.13. The molecule has 2 heterocycles. The van der Waals surface area contributed by atoms with Gasteiger partial charge in [0.25, 0.3) is 5.91 Å². The summed E-state index contributed by atoms with van der Waals surface area (Å²) in [5.41, 5.74) is 0.769. The number of fused-ring (bicyclic) bond motifs is 1. The minimum Gasteiger partial charge on any atom is -0.478 e. The second-order valence-corrected chi connectivity index (χ2v) is 5.86.